The summed E-state index contributed by atoms with van der Waals surface area (Å²) in [6, 6.07) is -3.07. The van der Waals surface area contributed by atoms with Gasteiger partial charge >= 0.3 is 12.1 Å². The second-order valence-electron chi connectivity index (χ2n) is 8.54. The number of Topliss-reactive ketones (excluding diaryl/α,β-unsaturated/α-hetero) is 1. The molecule has 4 atom stereocenters. The van der Waals surface area contributed by atoms with Crippen LogP contribution in [0.2, 0.25) is 0 Å². The molecule has 1 rings (SSSR count). The van der Waals surface area contributed by atoms with Gasteiger partial charge in [-0.25, -0.2) is 4.79 Å². The summed E-state index contributed by atoms with van der Waals surface area (Å²) in [5.74, 6) is -1.99. The Morgan fingerprint density at radius 2 is 1.61 bits per heavy atom. The summed E-state index contributed by atoms with van der Waals surface area (Å²) in [4.78, 5) is 48.4. The standard InChI is InChI=1S/C19H33N3O6/c1-10(2)14(22-18(27)28-19(4,5)6)16(24)20-11(3)15(23)12-8-7-9-13(21-12)17(25)26/h10-14,21H,7-9H2,1-6H3,(H,20,24)(H,22,27)(H,25,26)/t11-,12?,13-,14-/m0/s1. The van der Waals surface area contributed by atoms with Gasteiger partial charge in [-0.2, -0.15) is 0 Å². The van der Waals surface area contributed by atoms with Crippen LogP contribution in [0.1, 0.15) is 60.8 Å². The van der Waals surface area contributed by atoms with Crippen molar-refractivity contribution in [2.75, 3.05) is 0 Å². The van der Waals surface area contributed by atoms with Crippen LogP contribution in [-0.4, -0.2) is 58.6 Å². The number of alkyl carbamates (subject to hydrolysis) is 1. The molecule has 0 spiro atoms. The Hall–Kier alpha value is -2.16. The Kier molecular flexibility index (Phi) is 8.41. The highest BCUT2D eigenvalue weighted by Gasteiger charge is 2.34. The van der Waals surface area contributed by atoms with E-state index in [1.165, 1.54) is 0 Å². The molecule has 0 aromatic heterocycles. The fraction of sp³-hybridized carbons (Fsp3) is 0.789. The molecule has 1 aliphatic rings. The molecule has 0 bridgehead atoms. The summed E-state index contributed by atoms with van der Waals surface area (Å²) < 4.78 is 5.19. The van der Waals surface area contributed by atoms with E-state index >= 15 is 0 Å². The summed E-state index contributed by atoms with van der Waals surface area (Å²) in [5.41, 5.74) is -0.696. The summed E-state index contributed by atoms with van der Waals surface area (Å²) in [6.07, 6.45) is 0.899. The van der Waals surface area contributed by atoms with Crippen molar-refractivity contribution in [3.8, 4) is 0 Å². The van der Waals surface area contributed by atoms with Gasteiger partial charge in [0.05, 0.1) is 12.1 Å². The Morgan fingerprint density at radius 1 is 1.04 bits per heavy atom. The van der Waals surface area contributed by atoms with Gasteiger partial charge in [0, 0.05) is 0 Å². The molecule has 0 saturated carbocycles. The normalized spacial score (nSPS) is 22.1. The molecule has 2 amide bonds. The van der Waals surface area contributed by atoms with Crippen LogP contribution in [0, 0.1) is 5.92 Å². The van der Waals surface area contributed by atoms with E-state index in [1.54, 1.807) is 41.5 Å². The minimum absolute atomic E-state index is 0.223. The van der Waals surface area contributed by atoms with E-state index in [1.807, 2.05) is 0 Å². The lowest BCUT2D eigenvalue weighted by Gasteiger charge is -2.30. The van der Waals surface area contributed by atoms with Crippen molar-refractivity contribution in [2.45, 2.75) is 90.6 Å². The van der Waals surface area contributed by atoms with Gasteiger partial charge in [0.15, 0.2) is 5.78 Å². The minimum Gasteiger partial charge on any atom is -0.480 e. The minimum atomic E-state index is -0.990. The number of ketones is 1. The lowest BCUT2D eigenvalue weighted by molar-refractivity contribution is -0.141. The molecule has 4 N–H and O–H groups in total. The molecule has 0 aromatic carbocycles. The second-order valence-corrected chi connectivity index (χ2v) is 8.54. The van der Waals surface area contributed by atoms with Gasteiger partial charge in [-0.15, -0.1) is 0 Å². The first-order chi connectivity index (χ1) is 12.8. The van der Waals surface area contributed by atoms with Crippen LogP contribution in [0.5, 0.6) is 0 Å². The average molecular weight is 399 g/mol. The molecular weight excluding hydrogens is 366 g/mol. The van der Waals surface area contributed by atoms with Crippen LogP contribution in [-0.2, 0) is 19.1 Å². The van der Waals surface area contributed by atoms with Gasteiger partial charge in [0.1, 0.15) is 17.7 Å². The van der Waals surface area contributed by atoms with E-state index in [2.05, 4.69) is 16.0 Å². The molecule has 0 aliphatic carbocycles. The zero-order valence-corrected chi connectivity index (χ0v) is 17.5. The largest absolute Gasteiger partial charge is 0.480 e. The lowest BCUT2D eigenvalue weighted by Crippen LogP contribution is -2.58. The molecule has 0 radical (unpaired) electrons. The molecule has 28 heavy (non-hydrogen) atoms. The van der Waals surface area contributed by atoms with Crippen LogP contribution in [0.15, 0.2) is 0 Å². The van der Waals surface area contributed by atoms with Crippen molar-refractivity contribution in [3.05, 3.63) is 0 Å². The maximum Gasteiger partial charge on any atom is 0.408 e. The summed E-state index contributed by atoms with van der Waals surface area (Å²) in [5, 5.41) is 17.1. The van der Waals surface area contributed by atoms with Gasteiger partial charge in [0.2, 0.25) is 5.91 Å². The number of aliphatic carboxylic acids is 1. The van der Waals surface area contributed by atoms with Gasteiger partial charge in [-0.1, -0.05) is 13.8 Å². The smallest absolute Gasteiger partial charge is 0.408 e. The third-order valence-electron chi connectivity index (χ3n) is 4.44. The van der Waals surface area contributed by atoms with E-state index in [9.17, 15) is 19.2 Å². The molecule has 1 aliphatic heterocycles. The highest BCUT2D eigenvalue weighted by molar-refractivity contribution is 5.94. The van der Waals surface area contributed by atoms with Crippen molar-refractivity contribution in [2.24, 2.45) is 5.92 Å². The molecule has 1 saturated heterocycles. The van der Waals surface area contributed by atoms with Crippen LogP contribution in [0.4, 0.5) is 4.79 Å². The fourth-order valence-corrected chi connectivity index (χ4v) is 3.00. The number of hydrogen-bond donors (Lipinski definition) is 4. The number of carboxylic acids is 1. The van der Waals surface area contributed by atoms with Crippen molar-refractivity contribution in [1.82, 2.24) is 16.0 Å². The van der Waals surface area contributed by atoms with E-state index in [0.717, 1.165) is 0 Å². The SMILES string of the molecule is CC(C)[C@H](NC(=O)OC(C)(C)C)C(=O)N[C@@H](C)C(=O)C1CCC[C@@H](C(=O)O)N1. The summed E-state index contributed by atoms with van der Waals surface area (Å²) >= 11 is 0. The number of nitrogens with one attached hydrogen (secondary N) is 3. The lowest BCUT2D eigenvalue weighted by atomic mass is 9.93. The molecule has 9 nitrogen and oxygen atoms in total. The first-order valence-electron chi connectivity index (χ1n) is 9.64. The van der Waals surface area contributed by atoms with Crippen molar-refractivity contribution < 1.29 is 29.0 Å². The number of amides is 2. The number of carbonyl (C=O) groups excluding carboxylic acids is 3. The molecule has 1 unspecified atom stereocenters. The van der Waals surface area contributed by atoms with Crippen LogP contribution < -0.4 is 16.0 Å². The number of carbonyl (C=O) groups is 4. The third-order valence-corrected chi connectivity index (χ3v) is 4.44. The molecule has 0 aromatic rings. The summed E-state index contributed by atoms with van der Waals surface area (Å²) in [6.45, 7) is 10.3. The molecule has 1 heterocycles. The Morgan fingerprint density at radius 3 is 2.11 bits per heavy atom. The van der Waals surface area contributed by atoms with E-state index in [4.69, 9.17) is 9.84 Å². The number of piperidine rings is 1. The van der Waals surface area contributed by atoms with Gasteiger partial charge in [0.25, 0.3) is 0 Å². The van der Waals surface area contributed by atoms with Crippen LogP contribution >= 0.6 is 0 Å². The van der Waals surface area contributed by atoms with Crippen LogP contribution in [0.25, 0.3) is 0 Å². The van der Waals surface area contributed by atoms with E-state index in [0.29, 0.717) is 19.3 Å². The van der Waals surface area contributed by atoms with E-state index < -0.39 is 47.7 Å². The Bertz CT molecular complexity index is 599. The number of ether oxygens (including phenoxy) is 1. The second kappa shape index (κ2) is 9.86. The summed E-state index contributed by atoms with van der Waals surface area (Å²) in [7, 11) is 0. The van der Waals surface area contributed by atoms with Gasteiger partial charge in [-0.05, 0) is 52.9 Å². The zero-order chi connectivity index (χ0) is 21.6. The van der Waals surface area contributed by atoms with E-state index in [-0.39, 0.29) is 11.7 Å². The molecular formula is C19H33N3O6. The average Bonchev–Trinajstić information content (AvgIpc) is 2.57. The Balaban J connectivity index is 2.69. The fourth-order valence-electron chi connectivity index (χ4n) is 3.00. The number of hydrogen-bond acceptors (Lipinski definition) is 6. The zero-order valence-electron chi connectivity index (χ0n) is 17.5. The monoisotopic (exact) mass is 399 g/mol. The molecule has 1 fully saturated rings. The number of rotatable bonds is 7. The van der Waals surface area contributed by atoms with Crippen molar-refractivity contribution in [1.29, 1.82) is 0 Å². The van der Waals surface area contributed by atoms with Gasteiger partial charge < -0.3 is 20.5 Å². The van der Waals surface area contributed by atoms with Crippen molar-refractivity contribution in [3.63, 3.8) is 0 Å². The molecule has 160 valence electrons. The topological polar surface area (TPSA) is 134 Å². The maximum atomic E-state index is 12.6. The van der Waals surface area contributed by atoms with Gasteiger partial charge in [-0.3, -0.25) is 19.7 Å². The highest BCUT2D eigenvalue weighted by Crippen LogP contribution is 2.15. The van der Waals surface area contributed by atoms with Crippen molar-refractivity contribution >= 4 is 23.8 Å². The maximum absolute atomic E-state index is 12.6. The molecule has 9 heteroatoms. The quantitative estimate of drug-likeness (QED) is 0.505. The van der Waals surface area contributed by atoms with Crippen LogP contribution in [0.3, 0.4) is 0 Å². The third kappa shape index (κ3) is 7.46. The predicted octanol–water partition coefficient (Wildman–Crippen LogP) is 1.20. The highest BCUT2D eigenvalue weighted by atomic mass is 16.6. The number of carboxylic acid groups (broad SMARTS) is 1. The predicted molar refractivity (Wildman–Crippen MR) is 103 cm³/mol. The Labute approximate surface area is 166 Å². The first kappa shape index (κ1) is 23.9. The first-order valence-corrected chi connectivity index (χ1v) is 9.64.